The summed E-state index contributed by atoms with van der Waals surface area (Å²) in [4.78, 5) is 12.6. The SMILES string of the molecule is CCCCN(CCCC)C1CCOO1. The van der Waals surface area contributed by atoms with Gasteiger partial charge in [-0.2, -0.15) is 0 Å². The van der Waals surface area contributed by atoms with Crippen LogP contribution in [0.3, 0.4) is 0 Å². The predicted molar refractivity (Wildman–Crippen MR) is 56.8 cm³/mol. The van der Waals surface area contributed by atoms with Gasteiger partial charge in [-0.1, -0.05) is 26.7 Å². The van der Waals surface area contributed by atoms with Gasteiger partial charge in [0.25, 0.3) is 0 Å². The van der Waals surface area contributed by atoms with Gasteiger partial charge in [-0.3, -0.25) is 4.90 Å². The van der Waals surface area contributed by atoms with E-state index in [2.05, 4.69) is 18.7 Å². The third kappa shape index (κ3) is 3.95. The van der Waals surface area contributed by atoms with E-state index in [1.165, 1.54) is 25.7 Å². The summed E-state index contributed by atoms with van der Waals surface area (Å²) >= 11 is 0. The van der Waals surface area contributed by atoms with E-state index in [1.807, 2.05) is 0 Å². The predicted octanol–water partition coefficient (Wildman–Crippen LogP) is 2.57. The van der Waals surface area contributed by atoms with Crippen molar-refractivity contribution in [3.05, 3.63) is 0 Å². The molecule has 0 spiro atoms. The monoisotopic (exact) mass is 201 g/mol. The zero-order valence-electron chi connectivity index (χ0n) is 9.50. The fourth-order valence-corrected chi connectivity index (χ4v) is 1.69. The molecule has 0 radical (unpaired) electrons. The minimum Gasteiger partial charge on any atom is -0.276 e. The van der Waals surface area contributed by atoms with E-state index >= 15 is 0 Å². The molecule has 0 saturated carbocycles. The van der Waals surface area contributed by atoms with E-state index in [0.29, 0.717) is 0 Å². The van der Waals surface area contributed by atoms with Crippen LogP contribution < -0.4 is 0 Å². The molecule has 1 saturated heterocycles. The Hall–Kier alpha value is -0.120. The summed E-state index contributed by atoms with van der Waals surface area (Å²) in [7, 11) is 0. The van der Waals surface area contributed by atoms with Gasteiger partial charge in [-0.05, 0) is 12.8 Å². The van der Waals surface area contributed by atoms with Crippen LogP contribution in [-0.4, -0.2) is 30.8 Å². The van der Waals surface area contributed by atoms with Crippen LogP contribution in [0.25, 0.3) is 0 Å². The molecule has 0 aromatic heterocycles. The molecule has 14 heavy (non-hydrogen) atoms. The van der Waals surface area contributed by atoms with E-state index in [1.54, 1.807) is 0 Å². The van der Waals surface area contributed by atoms with Crippen molar-refractivity contribution in [2.75, 3.05) is 19.7 Å². The standard InChI is InChI=1S/C11H23NO2/c1-3-5-8-12(9-6-4-2)11-7-10-13-14-11/h11H,3-10H2,1-2H3. The van der Waals surface area contributed by atoms with Crippen LogP contribution in [0.15, 0.2) is 0 Å². The fraction of sp³-hybridized carbons (Fsp3) is 1.00. The Morgan fingerprint density at radius 3 is 2.21 bits per heavy atom. The number of hydrogen-bond acceptors (Lipinski definition) is 3. The molecule has 1 aliphatic heterocycles. The lowest BCUT2D eigenvalue weighted by Crippen LogP contribution is -2.36. The number of rotatable bonds is 7. The Labute approximate surface area is 87.3 Å². The minimum atomic E-state index is 0.216. The quantitative estimate of drug-likeness (QED) is 0.591. The summed E-state index contributed by atoms with van der Waals surface area (Å²) in [5.74, 6) is 0. The molecule has 84 valence electrons. The molecule has 1 unspecified atom stereocenters. The zero-order chi connectivity index (χ0) is 10.2. The number of unbranched alkanes of at least 4 members (excludes halogenated alkanes) is 2. The molecule has 0 bridgehead atoms. The van der Waals surface area contributed by atoms with E-state index in [9.17, 15) is 0 Å². The molecule has 1 heterocycles. The largest absolute Gasteiger partial charge is 0.276 e. The van der Waals surface area contributed by atoms with Gasteiger partial charge in [-0.25, -0.2) is 9.78 Å². The molecule has 0 N–H and O–H groups in total. The van der Waals surface area contributed by atoms with Crippen molar-refractivity contribution in [2.45, 2.75) is 52.2 Å². The van der Waals surface area contributed by atoms with Crippen molar-refractivity contribution in [2.24, 2.45) is 0 Å². The summed E-state index contributed by atoms with van der Waals surface area (Å²) < 4.78 is 0. The summed E-state index contributed by atoms with van der Waals surface area (Å²) in [6.45, 7) is 7.49. The summed E-state index contributed by atoms with van der Waals surface area (Å²) in [5.41, 5.74) is 0. The summed E-state index contributed by atoms with van der Waals surface area (Å²) in [5, 5.41) is 0. The average Bonchev–Trinajstić information content (AvgIpc) is 2.71. The number of nitrogens with zero attached hydrogens (tertiary/aromatic N) is 1. The lowest BCUT2D eigenvalue weighted by molar-refractivity contribution is -0.300. The Morgan fingerprint density at radius 2 is 1.79 bits per heavy atom. The average molecular weight is 201 g/mol. The Balaban J connectivity index is 2.26. The van der Waals surface area contributed by atoms with Crippen molar-refractivity contribution in [1.29, 1.82) is 0 Å². The maximum absolute atomic E-state index is 5.24. The highest BCUT2D eigenvalue weighted by Crippen LogP contribution is 2.15. The normalized spacial score (nSPS) is 22.1. The van der Waals surface area contributed by atoms with Crippen LogP contribution in [0.2, 0.25) is 0 Å². The Kier molecular flexibility index (Phi) is 6.15. The zero-order valence-corrected chi connectivity index (χ0v) is 9.50. The molecule has 0 aliphatic carbocycles. The molecule has 3 nitrogen and oxygen atoms in total. The van der Waals surface area contributed by atoms with Crippen molar-refractivity contribution in [3.8, 4) is 0 Å². The molecule has 1 aliphatic rings. The van der Waals surface area contributed by atoms with Gasteiger partial charge in [-0.15, -0.1) is 0 Å². The van der Waals surface area contributed by atoms with Gasteiger partial charge in [0.2, 0.25) is 0 Å². The lowest BCUT2D eigenvalue weighted by atomic mass is 10.2. The highest BCUT2D eigenvalue weighted by molar-refractivity contribution is 4.64. The third-order valence-corrected chi connectivity index (χ3v) is 2.63. The second-order valence-electron chi connectivity index (χ2n) is 3.90. The van der Waals surface area contributed by atoms with Crippen molar-refractivity contribution >= 4 is 0 Å². The fourth-order valence-electron chi connectivity index (χ4n) is 1.69. The lowest BCUT2D eigenvalue weighted by Gasteiger charge is -2.25. The molecule has 1 atom stereocenters. The molecule has 1 fully saturated rings. The molecular weight excluding hydrogens is 178 g/mol. The second kappa shape index (κ2) is 7.21. The van der Waals surface area contributed by atoms with Crippen LogP contribution in [0.4, 0.5) is 0 Å². The first-order valence-electron chi connectivity index (χ1n) is 5.90. The highest BCUT2D eigenvalue weighted by Gasteiger charge is 2.23. The second-order valence-corrected chi connectivity index (χ2v) is 3.90. The summed E-state index contributed by atoms with van der Waals surface area (Å²) in [6, 6.07) is 0. The van der Waals surface area contributed by atoms with Crippen LogP contribution in [-0.2, 0) is 9.78 Å². The molecular formula is C11H23NO2. The first-order chi connectivity index (χ1) is 6.88. The van der Waals surface area contributed by atoms with Gasteiger partial charge in [0, 0.05) is 19.5 Å². The van der Waals surface area contributed by atoms with Crippen LogP contribution >= 0.6 is 0 Å². The number of hydrogen-bond donors (Lipinski definition) is 0. The highest BCUT2D eigenvalue weighted by atomic mass is 17.2. The smallest absolute Gasteiger partial charge is 0.148 e. The van der Waals surface area contributed by atoms with Crippen molar-refractivity contribution in [3.63, 3.8) is 0 Å². The van der Waals surface area contributed by atoms with Crippen LogP contribution in [0, 0.1) is 0 Å². The van der Waals surface area contributed by atoms with Gasteiger partial charge in [0.1, 0.15) is 6.23 Å². The molecule has 3 heteroatoms. The summed E-state index contributed by atoms with van der Waals surface area (Å²) in [6.07, 6.45) is 6.24. The van der Waals surface area contributed by atoms with E-state index in [-0.39, 0.29) is 6.23 Å². The van der Waals surface area contributed by atoms with Gasteiger partial charge < -0.3 is 0 Å². The van der Waals surface area contributed by atoms with Crippen LogP contribution in [0.1, 0.15) is 46.0 Å². The first-order valence-corrected chi connectivity index (χ1v) is 5.90. The van der Waals surface area contributed by atoms with Gasteiger partial charge in [0.15, 0.2) is 0 Å². The van der Waals surface area contributed by atoms with Crippen molar-refractivity contribution in [1.82, 2.24) is 4.90 Å². The van der Waals surface area contributed by atoms with Crippen LogP contribution in [0.5, 0.6) is 0 Å². The van der Waals surface area contributed by atoms with E-state index in [0.717, 1.165) is 26.1 Å². The Bertz CT molecular complexity index is 127. The molecule has 1 rings (SSSR count). The maximum atomic E-state index is 5.24. The molecule has 0 amide bonds. The Morgan fingerprint density at radius 1 is 1.14 bits per heavy atom. The third-order valence-electron chi connectivity index (χ3n) is 2.63. The first kappa shape index (κ1) is 12.0. The minimum absolute atomic E-state index is 0.216. The van der Waals surface area contributed by atoms with Gasteiger partial charge in [0.05, 0.1) is 6.61 Å². The molecule has 0 aromatic rings. The van der Waals surface area contributed by atoms with E-state index < -0.39 is 0 Å². The van der Waals surface area contributed by atoms with E-state index in [4.69, 9.17) is 9.78 Å². The topological polar surface area (TPSA) is 21.7 Å². The van der Waals surface area contributed by atoms with Gasteiger partial charge >= 0.3 is 0 Å². The maximum Gasteiger partial charge on any atom is 0.148 e. The van der Waals surface area contributed by atoms with Crippen molar-refractivity contribution < 1.29 is 9.78 Å². The molecule has 0 aromatic carbocycles.